The maximum atomic E-state index is 12.2. The number of imidazole rings is 1. The van der Waals surface area contributed by atoms with E-state index in [4.69, 9.17) is 0 Å². The first-order chi connectivity index (χ1) is 11.7. The zero-order chi connectivity index (χ0) is 16.9. The average Bonchev–Trinajstić information content (AvgIpc) is 3.10. The van der Waals surface area contributed by atoms with E-state index in [9.17, 15) is 9.90 Å². The Labute approximate surface area is 144 Å². The summed E-state index contributed by atoms with van der Waals surface area (Å²) in [5, 5.41) is 13.0. The van der Waals surface area contributed by atoms with Crippen molar-refractivity contribution in [2.75, 3.05) is 6.26 Å². The van der Waals surface area contributed by atoms with Gasteiger partial charge < -0.3 is 10.4 Å². The highest BCUT2D eigenvalue weighted by Crippen LogP contribution is 2.18. The third kappa shape index (κ3) is 3.60. The van der Waals surface area contributed by atoms with Crippen molar-refractivity contribution in [1.82, 2.24) is 14.9 Å². The minimum atomic E-state index is -0.134. The number of aromatic hydroxyl groups is 1. The molecule has 2 N–H and O–H groups in total. The summed E-state index contributed by atoms with van der Waals surface area (Å²) in [7, 11) is 0. The Hall–Kier alpha value is -2.73. The van der Waals surface area contributed by atoms with Gasteiger partial charge in [0.25, 0.3) is 5.91 Å². The van der Waals surface area contributed by atoms with Gasteiger partial charge in [0.05, 0.1) is 0 Å². The lowest BCUT2D eigenvalue weighted by molar-refractivity contribution is 0.0951. The quantitative estimate of drug-likeness (QED) is 0.700. The Balaban J connectivity index is 1.66. The topological polar surface area (TPSA) is 67.2 Å². The normalized spacial score (nSPS) is 10.5. The van der Waals surface area contributed by atoms with Crippen LogP contribution in [0.3, 0.4) is 0 Å². The van der Waals surface area contributed by atoms with Crippen LogP contribution in [-0.4, -0.2) is 26.8 Å². The second kappa shape index (κ2) is 7.23. The van der Waals surface area contributed by atoms with Crippen LogP contribution < -0.4 is 5.32 Å². The Morgan fingerprint density at radius 2 is 1.88 bits per heavy atom. The molecule has 1 heterocycles. The van der Waals surface area contributed by atoms with E-state index in [0.29, 0.717) is 12.1 Å². The molecular formula is C18H17N3O2S. The molecule has 0 radical (unpaired) electrons. The number of nitrogens with one attached hydrogen (secondary N) is 1. The van der Waals surface area contributed by atoms with Gasteiger partial charge in [-0.1, -0.05) is 23.9 Å². The number of thioether (sulfide) groups is 1. The number of carbonyl (C=O) groups is 1. The fourth-order valence-corrected chi connectivity index (χ4v) is 2.84. The van der Waals surface area contributed by atoms with Crippen molar-refractivity contribution in [3.05, 3.63) is 72.1 Å². The molecule has 24 heavy (non-hydrogen) atoms. The van der Waals surface area contributed by atoms with Crippen LogP contribution in [0.25, 0.3) is 5.69 Å². The molecule has 0 bridgehead atoms. The van der Waals surface area contributed by atoms with Gasteiger partial charge in [0.1, 0.15) is 5.75 Å². The van der Waals surface area contributed by atoms with Gasteiger partial charge >= 0.3 is 0 Å². The van der Waals surface area contributed by atoms with E-state index in [1.165, 1.54) is 0 Å². The molecule has 3 aromatic rings. The summed E-state index contributed by atoms with van der Waals surface area (Å²) in [6.45, 7) is 0.416. The van der Waals surface area contributed by atoms with Crippen molar-refractivity contribution >= 4 is 17.7 Å². The predicted octanol–water partition coefficient (Wildman–Crippen LogP) is 3.23. The summed E-state index contributed by atoms with van der Waals surface area (Å²) in [5.41, 5.74) is 2.50. The van der Waals surface area contributed by atoms with E-state index in [-0.39, 0.29) is 11.7 Å². The van der Waals surface area contributed by atoms with E-state index in [0.717, 1.165) is 16.4 Å². The van der Waals surface area contributed by atoms with Gasteiger partial charge in [-0.2, -0.15) is 0 Å². The standard InChI is InChI=1S/C18H17N3O2S/c1-24-18-19-10-11-21(18)15-6-4-14(5-7-15)17(23)20-12-13-2-8-16(22)9-3-13/h2-11,22H,12H2,1H3,(H,20,23). The monoisotopic (exact) mass is 339 g/mol. The molecule has 3 rings (SSSR count). The molecule has 0 unspecified atom stereocenters. The molecule has 0 saturated heterocycles. The van der Waals surface area contributed by atoms with Crippen molar-refractivity contribution in [3.8, 4) is 11.4 Å². The first-order valence-corrected chi connectivity index (χ1v) is 8.64. The summed E-state index contributed by atoms with van der Waals surface area (Å²) < 4.78 is 1.97. The number of benzene rings is 2. The van der Waals surface area contributed by atoms with E-state index < -0.39 is 0 Å². The zero-order valence-electron chi connectivity index (χ0n) is 13.1. The predicted molar refractivity (Wildman–Crippen MR) is 94.6 cm³/mol. The third-order valence-corrected chi connectivity index (χ3v) is 4.25. The summed E-state index contributed by atoms with van der Waals surface area (Å²) >= 11 is 1.57. The van der Waals surface area contributed by atoms with Crippen LogP contribution in [0.4, 0.5) is 0 Å². The fourth-order valence-electron chi connectivity index (χ4n) is 2.31. The van der Waals surface area contributed by atoms with Crippen LogP contribution >= 0.6 is 11.8 Å². The summed E-state index contributed by atoms with van der Waals surface area (Å²) in [4.78, 5) is 16.5. The number of phenolic OH excluding ortho intramolecular Hbond substituents is 1. The summed E-state index contributed by atoms with van der Waals surface area (Å²) in [6.07, 6.45) is 5.62. The number of carbonyl (C=O) groups excluding carboxylic acids is 1. The molecule has 0 aliphatic heterocycles. The van der Waals surface area contributed by atoms with E-state index in [1.54, 1.807) is 54.4 Å². The maximum absolute atomic E-state index is 12.2. The highest BCUT2D eigenvalue weighted by Gasteiger charge is 2.07. The second-order valence-electron chi connectivity index (χ2n) is 5.18. The molecule has 1 amide bonds. The molecule has 0 fully saturated rings. The lowest BCUT2D eigenvalue weighted by Crippen LogP contribution is -2.22. The number of hydrogen-bond donors (Lipinski definition) is 2. The number of phenols is 1. The molecular weight excluding hydrogens is 322 g/mol. The van der Waals surface area contributed by atoms with Gasteiger partial charge in [-0.3, -0.25) is 9.36 Å². The van der Waals surface area contributed by atoms with Gasteiger partial charge in [0, 0.05) is 30.2 Å². The van der Waals surface area contributed by atoms with E-state index in [1.807, 2.05) is 29.2 Å². The van der Waals surface area contributed by atoms with E-state index in [2.05, 4.69) is 10.3 Å². The van der Waals surface area contributed by atoms with Crippen LogP contribution in [0.2, 0.25) is 0 Å². The Kier molecular flexibility index (Phi) is 4.86. The molecule has 0 aliphatic carbocycles. The molecule has 0 saturated carbocycles. The highest BCUT2D eigenvalue weighted by atomic mass is 32.2. The first kappa shape index (κ1) is 16.1. The van der Waals surface area contributed by atoms with Gasteiger partial charge in [0.2, 0.25) is 0 Å². The van der Waals surface area contributed by atoms with Crippen LogP contribution in [0.15, 0.2) is 66.1 Å². The average molecular weight is 339 g/mol. The van der Waals surface area contributed by atoms with Crippen molar-refractivity contribution in [3.63, 3.8) is 0 Å². The smallest absolute Gasteiger partial charge is 0.251 e. The lowest BCUT2D eigenvalue weighted by Gasteiger charge is -2.08. The fraction of sp³-hybridized carbons (Fsp3) is 0.111. The molecule has 122 valence electrons. The first-order valence-electron chi connectivity index (χ1n) is 7.41. The molecule has 1 aromatic heterocycles. The minimum Gasteiger partial charge on any atom is -0.508 e. The van der Waals surface area contributed by atoms with Gasteiger partial charge in [-0.25, -0.2) is 4.98 Å². The van der Waals surface area contributed by atoms with Crippen LogP contribution in [0, 0.1) is 0 Å². The molecule has 2 aromatic carbocycles. The van der Waals surface area contributed by atoms with Crippen molar-refractivity contribution in [1.29, 1.82) is 0 Å². The molecule has 5 nitrogen and oxygen atoms in total. The number of amides is 1. The lowest BCUT2D eigenvalue weighted by atomic mass is 10.1. The summed E-state index contributed by atoms with van der Waals surface area (Å²) in [5.74, 6) is 0.0788. The largest absolute Gasteiger partial charge is 0.508 e. The zero-order valence-corrected chi connectivity index (χ0v) is 14.0. The number of rotatable bonds is 5. The van der Waals surface area contributed by atoms with Crippen LogP contribution in [0.5, 0.6) is 5.75 Å². The Morgan fingerprint density at radius 3 is 2.54 bits per heavy atom. The van der Waals surface area contributed by atoms with Gasteiger partial charge in [-0.05, 0) is 48.2 Å². The van der Waals surface area contributed by atoms with Crippen LogP contribution in [0.1, 0.15) is 15.9 Å². The molecule has 6 heteroatoms. The van der Waals surface area contributed by atoms with E-state index >= 15 is 0 Å². The van der Waals surface area contributed by atoms with Crippen LogP contribution in [-0.2, 0) is 6.54 Å². The Morgan fingerprint density at radius 1 is 1.17 bits per heavy atom. The number of hydrogen-bond acceptors (Lipinski definition) is 4. The third-order valence-electron chi connectivity index (χ3n) is 3.59. The maximum Gasteiger partial charge on any atom is 0.251 e. The number of aromatic nitrogens is 2. The number of nitrogens with zero attached hydrogens (tertiary/aromatic N) is 2. The summed E-state index contributed by atoms with van der Waals surface area (Å²) in [6, 6.07) is 14.2. The molecule has 0 spiro atoms. The van der Waals surface area contributed by atoms with Gasteiger partial charge in [-0.15, -0.1) is 0 Å². The SMILES string of the molecule is CSc1nccn1-c1ccc(C(=O)NCc2ccc(O)cc2)cc1. The highest BCUT2D eigenvalue weighted by molar-refractivity contribution is 7.98. The molecule has 0 aliphatic rings. The minimum absolute atomic E-state index is 0.134. The van der Waals surface area contributed by atoms with Gasteiger partial charge in [0.15, 0.2) is 5.16 Å². The van der Waals surface area contributed by atoms with Crippen molar-refractivity contribution in [2.45, 2.75) is 11.7 Å². The Bertz CT molecular complexity index is 826. The second-order valence-corrected chi connectivity index (χ2v) is 5.95. The van der Waals surface area contributed by atoms with Crippen molar-refractivity contribution in [2.24, 2.45) is 0 Å². The molecule has 0 atom stereocenters. The van der Waals surface area contributed by atoms with Crippen molar-refractivity contribution < 1.29 is 9.90 Å².